The summed E-state index contributed by atoms with van der Waals surface area (Å²) in [6.45, 7) is 2.45. The Morgan fingerprint density at radius 3 is 2.55 bits per heavy atom. The van der Waals surface area contributed by atoms with Crippen molar-refractivity contribution in [3.05, 3.63) is 108 Å². The fourth-order valence-electron chi connectivity index (χ4n) is 4.90. The lowest BCUT2D eigenvalue weighted by Crippen LogP contribution is -2.32. The number of carbonyl (C=O) groups excluding carboxylic acids is 2. The van der Waals surface area contributed by atoms with Crippen molar-refractivity contribution in [1.82, 2.24) is 15.2 Å². The third-order valence-corrected chi connectivity index (χ3v) is 7.31. The number of furan rings is 1. The molecule has 2 atom stereocenters. The number of pyridine rings is 1. The van der Waals surface area contributed by atoms with Crippen molar-refractivity contribution in [3.63, 3.8) is 0 Å². The molecule has 5 rings (SSSR count). The largest absolute Gasteiger partial charge is 0.465 e. The molecule has 0 aliphatic carbocycles. The SMILES string of the molecule is CCc1ccccc1NC(=O)CCN1C(=S)NC(c2ccccn2)C1c1ccc(-c2ccc(C(=O)OC)cc2)o1. The fraction of sp³-hybridized carbons (Fsp3) is 0.226. The number of amides is 1. The zero-order valence-electron chi connectivity index (χ0n) is 22.3. The number of methoxy groups -OCH3 is 1. The Bertz CT molecular complexity index is 1500. The maximum Gasteiger partial charge on any atom is 0.337 e. The van der Waals surface area contributed by atoms with Crippen LogP contribution in [0.2, 0.25) is 0 Å². The minimum atomic E-state index is -0.395. The van der Waals surface area contributed by atoms with E-state index in [-0.39, 0.29) is 24.4 Å². The first-order chi connectivity index (χ1) is 19.5. The normalized spacial score (nSPS) is 16.4. The van der Waals surface area contributed by atoms with Crippen LogP contribution in [0.3, 0.4) is 0 Å². The number of thiocarbonyl (C=S) groups is 1. The van der Waals surface area contributed by atoms with Gasteiger partial charge in [-0.15, -0.1) is 0 Å². The van der Waals surface area contributed by atoms with Crippen molar-refractivity contribution in [3.8, 4) is 11.3 Å². The number of hydrogen-bond acceptors (Lipinski definition) is 6. The molecule has 1 fully saturated rings. The molecule has 4 aromatic rings. The number of para-hydroxylation sites is 1. The molecular formula is C31H30N4O4S. The van der Waals surface area contributed by atoms with E-state index in [1.54, 1.807) is 18.3 Å². The molecule has 1 aliphatic heterocycles. The smallest absolute Gasteiger partial charge is 0.337 e. The lowest BCUT2D eigenvalue weighted by atomic mass is 10.0. The molecule has 1 amide bonds. The number of esters is 1. The van der Waals surface area contributed by atoms with Crippen molar-refractivity contribution in [1.29, 1.82) is 0 Å². The van der Waals surface area contributed by atoms with Gasteiger partial charge in [-0.2, -0.15) is 0 Å². The number of nitrogens with one attached hydrogen (secondary N) is 2. The first-order valence-electron chi connectivity index (χ1n) is 13.1. The monoisotopic (exact) mass is 554 g/mol. The lowest BCUT2D eigenvalue weighted by Gasteiger charge is -2.26. The van der Waals surface area contributed by atoms with Crippen LogP contribution in [0.5, 0.6) is 0 Å². The number of benzene rings is 2. The van der Waals surface area contributed by atoms with Crippen molar-refractivity contribution in [2.24, 2.45) is 0 Å². The Hall–Kier alpha value is -4.50. The third kappa shape index (κ3) is 5.74. The average Bonchev–Trinajstić information content (AvgIpc) is 3.61. The van der Waals surface area contributed by atoms with E-state index in [0.29, 0.717) is 28.7 Å². The van der Waals surface area contributed by atoms with Crippen LogP contribution in [0, 0.1) is 0 Å². The zero-order chi connectivity index (χ0) is 28.1. The Balaban J connectivity index is 1.38. The van der Waals surface area contributed by atoms with Gasteiger partial charge in [0.1, 0.15) is 17.6 Å². The quantitative estimate of drug-likeness (QED) is 0.201. The minimum absolute atomic E-state index is 0.0884. The summed E-state index contributed by atoms with van der Waals surface area (Å²) in [5.41, 5.74) is 4.02. The molecule has 2 aromatic carbocycles. The second-order valence-corrected chi connectivity index (χ2v) is 9.79. The van der Waals surface area contributed by atoms with E-state index in [1.807, 2.05) is 71.6 Å². The van der Waals surface area contributed by atoms with E-state index in [2.05, 4.69) is 22.5 Å². The molecule has 8 nitrogen and oxygen atoms in total. The van der Waals surface area contributed by atoms with Gasteiger partial charge < -0.3 is 24.7 Å². The Kier molecular flexibility index (Phi) is 8.21. The highest BCUT2D eigenvalue weighted by Crippen LogP contribution is 2.40. The van der Waals surface area contributed by atoms with Gasteiger partial charge in [-0.3, -0.25) is 9.78 Å². The van der Waals surface area contributed by atoms with Gasteiger partial charge in [0, 0.05) is 30.4 Å². The van der Waals surface area contributed by atoms with Crippen LogP contribution in [0.15, 0.2) is 89.5 Å². The number of aromatic nitrogens is 1. The summed E-state index contributed by atoms with van der Waals surface area (Å²) >= 11 is 5.74. The van der Waals surface area contributed by atoms with Crippen LogP contribution in [0.4, 0.5) is 5.69 Å². The molecule has 9 heteroatoms. The van der Waals surface area contributed by atoms with Gasteiger partial charge in [0.15, 0.2) is 5.11 Å². The third-order valence-electron chi connectivity index (χ3n) is 6.96. The first kappa shape index (κ1) is 27.1. The number of hydrogen-bond donors (Lipinski definition) is 2. The number of anilines is 1. The van der Waals surface area contributed by atoms with Gasteiger partial charge in [-0.25, -0.2) is 4.79 Å². The number of nitrogens with zero attached hydrogens (tertiary/aromatic N) is 2. The van der Waals surface area contributed by atoms with Gasteiger partial charge >= 0.3 is 5.97 Å². The summed E-state index contributed by atoms with van der Waals surface area (Å²) in [7, 11) is 1.35. The molecule has 2 aromatic heterocycles. The van der Waals surface area contributed by atoms with E-state index in [0.717, 1.165) is 28.9 Å². The predicted molar refractivity (Wildman–Crippen MR) is 157 cm³/mol. The van der Waals surface area contributed by atoms with Crippen molar-refractivity contribution in [2.75, 3.05) is 19.0 Å². The highest BCUT2D eigenvalue weighted by atomic mass is 32.1. The zero-order valence-corrected chi connectivity index (χ0v) is 23.1. The summed E-state index contributed by atoms with van der Waals surface area (Å²) < 4.78 is 11.1. The Morgan fingerprint density at radius 2 is 1.82 bits per heavy atom. The highest BCUT2D eigenvalue weighted by Gasteiger charge is 2.41. The standard InChI is InChI=1S/C31H30N4O4S/c1-3-20-8-4-5-9-23(20)33-27(36)17-19-35-29(28(34-31(35)40)24-10-6-7-18-32-24)26-16-15-25(39-26)21-11-13-22(14-12-21)30(37)38-2/h4-16,18,28-29H,3,17,19H2,1-2H3,(H,33,36)(H,34,40). The van der Waals surface area contributed by atoms with E-state index in [9.17, 15) is 9.59 Å². The maximum absolute atomic E-state index is 13.0. The summed E-state index contributed by atoms with van der Waals surface area (Å²) in [4.78, 5) is 31.3. The van der Waals surface area contributed by atoms with Gasteiger partial charge in [-0.05, 0) is 66.7 Å². The number of aryl methyl sites for hydroxylation is 1. The van der Waals surface area contributed by atoms with E-state index in [1.165, 1.54) is 7.11 Å². The highest BCUT2D eigenvalue weighted by molar-refractivity contribution is 7.80. The second kappa shape index (κ2) is 12.1. The molecule has 0 radical (unpaired) electrons. The molecule has 0 bridgehead atoms. The number of carbonyl (C=O) groups is 2. The Labute approximate surface area is 238 Å². The van der Waals surface area contributed by atoms with E-state index >= 15 is 0 Å². The summed E-state index contributed by atoms with van der Waals surface area (Å²) in [6.07, 6.45) is 2.82. The average molecular weight is 555 g/mol. The summed E-state index contributed by atoms with van der Waals surface area (Å²) in [5.74, 6) is 0.854. The molecule has 0 saturated carbocycles. The molecule has 1 saturated heterocycles. The molecule has 2 unspecified atom stereocenters. The lowest BCUT2D eigenvalue weighted by molar-refractivity contribution is -0.116. The molecule has 204 valence electrons. The predicted octanol–water partition coefficient (Wildman–Crippen LogP) is 5.69. The van der Waals surface area contributed by atoms with Gasteiger partial charge in [-0.1, -0.05) is 43.3 Å². The van der Waals surface area contributed by atoms with Gasteiger partial charge in [0.25, 0.3) is 0 Å². The van der Waals surface area contributed by atoms with Crippen LogP contribution in [0.25, 0.3) is 11.3 Å². The molecule has 3 heterocycles. The van der Waals surface area contributed by atoms with Gasteiger partial charge in [0.2, 0.25) is 5.91 Å². The van der Waals surface area contributed by atoms with E-state index in [4.69, 9.17) is 21.4 Å². The van der Waals surface area contributed by atoms with Crippen molar-refractivity contribution < 1.29 is 18.7 Å². The van der Waals surface area contributed by atoms with Crippen LogP contribution in [-0.4, -0.2) is 40.5 Å². The van der Waals surface area contributed by atoms with Gasteiger partial charge in [0.05, 0.1) is 24.4 Å². The Morgan fingerprint density at radius 1 is 1.05 bits per heavy atom. The summed E-state index contributed by atoms with van der Waals surface area (Å²) in [5, 5.41) is 6.96. The van der Waals surface area contributed by atoms with Crippen LogP contribution in [0.1, 0.15) is 52.8 Å². The molecule has 0 spiro atoms. The summed E-state index contributed by atoms with van der Waals surface area (Å²) in [6, 6.07) is 23.8. The van der Waals surface area contributed by atoms with Crippen molar-refractivity contribution >= 4 is 34.9 Å². The molecule has 40 heavy (non-hydrogen) atoms. The number of ether oxygens (including phenoxy) is 1. The fourth-order valence-corrected chi connectivity index (χ4v) is 5.23. The van der Waals surface area contributed by atoms with Crippen LogP contribution < -0.4 is 10.6 Å². The van der Waals surface area contributed by atoms with Crippen LogP contribution in [-0.2, 0) is 16.0 Å². The van der Waals surface area contributed by atoms with Crippen LogP contribution >= 0.6 is 12.2 Å². The topological polar surface area (TPSA) is 96.7 Å². The van der Waals surface area contributed by atoms with E-state index < -0.39 is 5.97 Å². The number of rotatable bonds is 9. The maximum atomic E-state index is 13.0. The molecule has 1 aliphatic rings. The minimum Gasteiger partial charge on any atom is -0.465 e. The van der Waals surface area contributed by atoms with Crippen molar-refractivity contribution in [2.45, 2.75) is 31.8 Å². The molecular weight excluding hydrogens is 524 g/mol. The second-order valence-electron chi connectivity index (χ2n) is 9.40. The molecule has 2 N–H and O–H groups in total. The first-order valence-corrected chi connectivity index (χ1v) is 13.5.